The second-order valence-electron chi connectivity index (χ2n) is 8.68. The van der Waals surface area contributed by atoms with Gasteiger partial charge in [0.2, 0.25) is 0 Å². The highest BCUT2D eigenvalue weighted by atomic mass is 14.6. The van der Waals surface area contributed by atoms with Gasteiger partial charge >= 0.3 is 0 Å². The van der Waals surface area contributed by atoms with Gasteiger partial charge in [0.05, 0.1) is 0 Å². The van der Waals surface area contributed by atoms with E-state index in [0.717, 1.165) is 23.7 Å². The minimum Gasteiger partial charge on any atom is -0.0988 e. The van der Waals surface area contributed by atoms with E-state index in [4.69, 9.17) is 0 Å². The second kappa shape index (κ2) is 4.75. The van der Waals surface area contributed by atoms with E-state index in [2.05, 4.69) is 46.4 Å². The van der Waals surface area contributed by atoms with Gasteiger partial charge in [-0.05, 0) is 72.2 Å². The Morgan fingerprint density at radius 2 is 1.95 bits per heavy atom. The molecule has 0 unspecified atom stereocenters. The van der Waals surface area contributed by atoms with Gasteiger partial charge in [0.15, 0.2) is 0 Å². The Bertz CT molecular complexity index is 427. The largest absolute Gasteiger partial charge is 0.0988 e. The summed E-state index contributed by atoms with van der Waals surface area (Å²) < 4.78 is 0. The van der Waals surface area contributed by atoms with E-state index in [-0.39, 0.29) is 0 Å². The third-order valence-corrected chi connectivity index (χ3v) is 7.44. The molecule has 0 amide bonds. The first-order chi connectivity index (χ1) is 9.40. The number of hydrogen-bond acceptors (Lipinski definition) is 0. The maximum Gasteiger partial charge on any atom is -0.0162 e. The third-order valence-electron chi connectivity index (χ3n) is 7.44. The average molecular weight is 272 g/mol. The summed E-state index contributed by atoms with van der Waals surface area (Å²) in [7, 11) is 0. The highest BCUT2D eigenvalue weighted by Crippen LogP contribution is 2.64. The summed E-state index contributed by atoms with van der Waals surface area (Å²) >= 11 is 0. The fraction of sp³-hybridized carbons (Fsp3) is 0.800. The van der Waals surface area contributed by atoms with Crippen LogP contribution in [0.15, 0.2) is 24.3 Å². The molecule has 3 aliphatic carbocycles. The van der Waals surface area contributed by atoms with E-state index >= 15 is 0 Å². The fourth-order valence-electron chi connectivity index (χ4n) is 6.39. The predicted molar refractivity (Wildman–Crippen MR) is 87.5 cm³/mol. The van der Waals surface area contributed by atoms with E-state index in [0.29, 0.717) is 10.8 Å². The van der Waals surface area contributed by atoms with Gasteiger partial charge in [0.25, 0.3) is 0 Å². The monoisotopic (exact) mass is 272 g/mol. The molecule has 0 aromatic rings. The molecule has 0 aromatic heterocycles. The zero-order valence-corrected chi connectivity index (χ0v) is 13.9. The van der Waals surface area contributed by atoms with Crippen molar-refractivity contribution in [1.82, 2.24) is 0 Å². The first kappa shape index (κ1) is 14.4. The minimum absolute atomic E-state index is 0.559. The highest BCUT2D eigenvalue weighted by molar-refractivity contribution is 5.25. The van der Waals surface area contributed by atoms with Crippen LogP contribution in [-0.2, 0) is 0 Å². The van der Waals surface area contributed by atoms with Crippen molar-refractivity contribution in [3.63, 3.8) is 0 Å². The van der Waals surface area contributed by atoms with Crippen LogP contribution in [0.2, 0.25) is 0 Å². The first-order valence-corrected chi connectivity index (χ1v) is 8.72. The summed E-state index contributed by atoms with van der Waals surface area (Å²) in [4.78, 5) is 0. The van der Waals surface area contributed by atoms with Crippen molar-refractivity contribution in [2.75, 3.05) is 0 Å². The molecule has 0 aliphatic heterocycles. The number of rotatable bonds is 1. The Morgan fingerprint density at radius 1 is 1.20 bits per heavy atom. The van der Waals surface area contributed by atoms with Gasteiger partial charge in [-0.25, -0.2) is 0 Å². The molecule has 0 radical (unpaired) electrons. The van der Waals surface area contributed by atoms with E-state index in [1.165, 1.54) is 44.1 Å². The maximum absolute atomic E-state index is 4.03. The molecule has 3 rings (SSSR count). The molecule has 0 aromatic carbocycles. The smallest absolute Gasteiger partial charge is 0.0162 e. The van der Waals surface area contributed by atoms with Crippen molar-refractivity contribution in [2.45, 2.75) is 66.2 Å². The molecular formula is C20H32. The molecule has 0 bridgehead atoms. The lowest BCUT2D eigenvalue weighted by Gasteiger charge is -2.61. The van der Waals surface area contributed by atoms with Crippen molar-refractivity contribution >= 4 is 0 Å². The summed E-state index contributed by atoms with van der Waals surface area (Å²) in [5.74, 6) is 3.49. The Balaban J connectivity index is 1.95. The summed E-state index contributed by atoms with van der Waals surface area (Å²) in [6.07, 6.45) is 13.2. The Morgan fingerprint density at radius 3 is 2.65 bits per heavy atom. The highest BCUT2D eigenvalue weighted by Gasteiger charge is 2.55. The van der Waals surface area contributed by atoms with Crippen molar-refractivity contribution in [2.24, 2.45) is 34.5 Å². The summed E-state index contributed by atoms with van der Waals surface area (Å²) in [5.41, 5.74) is 2.66. The molecule has 2 saturated carbocycles. The van der Waals surface area contributed by atoms with Crippen molar-refractivity contribution in [3.05, 3.63) is 24.3 Å². The van der Waals surface area contributed by atoms with Gasteiger partial charge in [-0.3, -0.25) is 0 Å². The van der Waals surface area contributed by atoms with Crippen LogP contribution in [0.1, 0.15) is 66.2 Å². The van der Waals surface area contributed by atoms with Crippen molar-refractivity contribution < 1.29 is 0 Å². The van der Waals surface area contributed by atoms with E-state index < -0.39 is 0 Å². The SMILES string of the molecule is C=CC1=CC[C@@H]2[C@H](CC[C@@H]3C(C)(C)CCC[C@@]23C)[C@@H]1C. The van der Waals surface area contributed by atoms with Gasteiger partial charge in [-0.2, -0.15) is 0 Å². The van der Waals surface area contributed by atoms with Crippen LogP contribution >= 0.6 is 0 Å². The van der Waals surface area contributed by atoms with Gasteiger partial charge in [-0.15, -0.1) is 0 Å². The molecule has 3 aliphatic rings. The van der Waals surface area contributed by atoms with Crippen LogP contribution in [0.5, 0.6) is 0 Å². The molecule has 5 atom stereocenters. The van der Waals surface area contributed by atoms with Crippen LogP contribution < -0.4 is 0 Å². The molecule has 0 saturated heterocycles. The van der Waals surface area contributed by atoms with Gasteiger partial charge in [-0.1, -0.05) is 52.8 Å². The number of hydrogen-bond donors (Lipinski definition) is 0. The Hall–Kier alpha value is -0.520. The van der Waals surface area contributed by atoms with Crippen LogP contribution in [0.25, 0.3) is 0 Å². The quantitative estimate of drug-likeness (QED) is 0.549. The molecular weight excluding hydrogens is 240 g/mol. The lowest BCUT2D eigenvalue weighted by Crippen LogP contribution is -2.53. The van der Waals surface area contributed by atoms with Gasteiger partial charge in [0.1, 0.15) is 0 Å². The summed E-state index contributed by atoms with van der Waals surface area (Å²) in [6, 6.07) is 0. The van der Waals surface area contributed by atoms with Crippen LogP contribution in [0, 0.1) is 34.5 Å². The lowest BCUT2D eigenvalue weighted by molar-refractivity contribution is -0.105. The lowest BCUT2D eigenvalue weighted by atomic mass is 9.44. The normalized spacial score (nSPS) is 46.9. The van der Waals surface area contributed by atoms with Crippen LogP contribution in [-0.4, -0.2) is 0 Å². The van der Waals surface area contributed by atoms with E-state index in [9.17, 15) is 0 Å². The van der Waals surface area contributed by atoms with Crippen molar-refractivity contribution in [1.29, 1.82) is 0 Å². The molecule has 20 heavy (non-hydrogen) atoms. The minimum atomic E-state index is 0.559. The summed E-state index contributed by atoms with van der Waals surface area (Å²) in [5, 5.41) is 0. The van der Waals surface area contributed by atoms with E-state index in [1.54, 1.807) is 0 Å². The fourth-order valence-corrected chi connectivity index (χ4v) is 6.39. The topological polar surface area (TPSA) is 0 Å². The van der Waals surface area contributed by atoms with Crippen molar-refractivity contribution in [3.8, 4) is 0 Å². The molecule has 0 spiro atoms. The molecule has 0 heteroatoms. The first-order valence-electron chi connectivity index (χ1n) is 8.72. The molecule has 0 N–H and O–H groups in total. The van der Waals surface area contributed by atoms with Gasteiger partial charge in [0, 0.05) is 0 Å². The zero-order valence-electron chi connectivity index (χ0n) is 13.9. The molecule has 112 valence electrons. The predicted octanol–water partition coefficient (Wildman–Crippen LogP) is 6.00. The number of allylic oxidation sites excluding steroid dienone is 3. The Kier molecular flexibility index (Phi) is 3.42. The molecule has 0 heterocycles. The zero-order chi connectivity index (χ0) is 14.5. The van der Waals surface area contributed by atoms with Crippen LogP contribution in [0.3, 0.4) is 0 Å². The maximum atomic E-state index is 4.03. The Labute approximate surface area is 125 Å². The third kappa shape index (κ3) is 1.94. The summed E-state index contributed by atoms with van der Waals surface area (Å²) in [6.45, 7) is 14.2. The standard InChI is InChI=1S/C20H32/c1-6-15-8-10-17-16(14(15)2)9-11-18-19(3,4)12-7-13-20(17,18)5/h6,8,14,16-18H,1,7,9-13H2,2-5H3/t14-,16-,17-,18-,20+/m1/s1. The average Bonchev–Trinajstić information content (AvgIpc) is 2.38. The number of fused-ring (bicyclic) bond motifs is 3. The van der Waals surface area contributed by atoms with Gasteiger partial charge < -0.3 is 0 Å². The van der Waals surface area contributed by atoms with E-state index in [1.807, 2.05) is 0 Å². The van der Waals surface area contributed by atoms with Crippen LogP contribution in [0.4, 0.5) is 0 Å². The molecule has 2 fully saturated rings. The second-order valence-corrected chi connectivity index (χ2v) is 8.68. The molecule has 0 nitrogen and oxygen atoms in total.